The average Bonchev–Trinajstić information content (AvgIpc) is 2.97. The van der Waals surface area contributed by atoms with E-state index in [1.807, 2.05) is 24.3 Å². The van der Waals surface area contributed by atoms with Gasteiger partial charge in [-0.2, -0.15) is 8.42 Å². The van der Waals surface area contributed by atoms with Crippen LogP contribution in [0.15, 0.2) is 81.9 Å². The summed E-state index contributed by atoms with van der Waals surface area (Å²) in [6, 6.07) is 17.3. The van der Waals surface area contributed by atoms with Gasteiger partial charge in [0.25, 0.3) is 0 Å². The normalized spacial score (nSPS) is 14.6. The topological polar surface area (TPSA) is 69.7 Å². The first-order valence-electron chi connectivity index (χ1n) is 8.36. The zero-order valence-electron chi connectivity index (χ0n) is 14.6. The van der Waals surface area contributed by atoms with E-state index >= 15 is 0 Å². The summed E-state index contributed by atoms with van der Waals surface area (Å²) >= 11 is 9.17. The highest BCUT2D eigenvalue weighted by atomic mass is 79.9. The summed E-state index contributed by atoms with van der Waals surface area (Å²) in [5.74, 6) is 0.137. The first-order chi connectivity index (χ1) is 13.8. The summed E-state index contributed by atoms with van der Waals surface area (Å²) < 4.78 is 36.5. The van der Waals surface area contributed by atoms with Crippen molar-refractivity contribution in [3.63, 3.8) is 0 Å². The van der Waals surface area contributed by atoms with Crippen LogP contribution in [0.5, 0.6) is 11.5 Å². The number of Topliss-reactive ketones (excluding diaryl/α,β-unsaturated/α-hetero) is 1. The van der Waals surface area contributed by atoms with Crippen LogP contribution in [0, 0.1) is 0 Å². The average molecular weight is 492 g/mol. The van der Waals surface area contributed by atoms with E-state index in [4.69, 9.17) is 20.5 Å². The second kappa shape index (κ2) is 7.67. The molecular formula is C21H12BrClO5S. The van der Waals surface area contributed by atoms with Crippen LogP contribution in [0.2, 0.25) is 5.02 Å². The molecule has 0 saturated heterocycles. The predicted octanol–water partition coefficient (Wildman–Crippen LogP) is 5.49. The van der Waals surface area contributed by atoms with Gasteiger partial charge in [0, 0.05) is 15.6 Å². The van der Waals surface area contributed by atoms with Gasteiger partial charge in [-0.25, -0.2) is 0 Å². The number of allylic oxidation sites excluding steroid dienone is 1. The Labute approximate surface area is 180 Å². The van der Waals surface area contributed by atoms with E-state index in [2.05, 4.69) is 15.9 Å². The molecule has 8 heteroatoms. The van der Waals surface area contributed by atoms with Gasteiger partial charge in [0.05, 0.1) is 5.56 Å². The van der Waals surface area contributed by atoms with Gasteiger partial charge in [0.2, 0.25) is 5.78 Å². The van der Waals surface area contributed by atoms with Gasteiger partial charge in [-0.3, -0.25) is 4.79 Å². The molecule has 0 fully saturated rings. The fraction of sp³-hybridized carbons (Fsp3) is 0. The molecule has 1 aliphatic heterocycles. The van der Waals surface area contributed by atoms with E-state index in [0.29, 0.717) is 10.6 Å². The molecule has 3 aromatic rings. The van der Waals surface area contributed by atoms with Crippen LogP contribution in [0.1, 0.15) is 15.9 Å². The molecule has 4 rings (SSSR count). The Kier molecular flexibility index (Phi) is 5.21. The molecule has 0 aromatic heterocycles. The minimum absolute atomic E-state index is 0.0327. The number of benzene rings is 3. The molecule has 0 atom stereocenters. The van der Waals surface area contributed by atoms with Crippen molar-refractivity contribution in [1.29, 1.82) is 0 Å². The largest absolute Gasteiger partial charge is 0.452 e. The lowest BCUT2D eigenvalue weighted by atomic mass is 10.1. The van der Waals surface area contributed by atoms with Gasteiger partial charge >= 0.3 is 10.1 Å². The van der Waals surface area contributed by atoms with Crippen LogP contribution in [-0.2, 0) is 10.1 Å². The van der Waals surface area contributed by atoms with Crippen molar-refractivity contribution in [2.75, 3.05) is 0 Å². The molecule has 0 bridgehead atoms. The third kappa shape index (κ3) is 4.22. The molecule has 0 amide bonds. The van der Waals surface area contributed by atoms with Crippen LogP contribution in [0.25, 0.3) is 6.08 Å². The minimum atomic E-state index is -4.05. The number of halogens is 2. The van der Waals surface area contributed by atoms with Crippen LogP contribution in [0.4, 0.5) is 0 Å². The van der Waals surface area contributed by atoms with E-state index in [1.54, 1.807) is 6.08 Å². The zero-order chi connectivity index (χ0) is 20.6. The highest BCUT2D eigenvalue weighted by Crippen LogP contribution is 2.35. The second-order valence-electron chi connectivity index (χ2n) is 6.14. The van der Waals surface area contributed by atoms with Crippen LogP contribution in [0.3, 0.4) is 0 Å². The molecule has 1 aliphatic rings. The number of rotatable bonds is 4. The Hall–Kier alpha value is -2.61. The molecule has 5 nitrogen and oxygen atoms in total. The van der Waals surface area contributed by atoms with E-state index in [9.17, 15) is 13.2 Å². The van der Waals surface area contributed by atoms with Crippen molar-refractivity contribution in [3.8, 4) is 11.5 Å². The number of hydrogen-bond acceptors (Lipinski definition) is 5. The van der Waals surface area contributed by atoms with E-state index in [0.717, 1.165) is 10.0 Å². The van der Waals surface area contributed by atoms with Gasteiger partial charge in [-0.1, -0.05) is 39.7 Å². The van der Waals surface area contributed by atoms with Gasteiger partial charge in [0.1, 0.15) is 16.4 Å². The maximum Gasteiger partial charge on any atom is 0.339 e. The SMILES string of the molecule is O=C1C(=Cc2cccc(Br)c2)Oc2cc(OS(=O)(=O)c3ccc(Cl)cc3)ccc21. The molecular weight excluding hydrogens is 480 g/mol. The molecule has 29 heavy (non-hydrogen) atoms. The summed E-state index contributed by atoms with van der Waals surface area (Å²) in [5, 5.41) is 0.415. The lowest BCUT2D eigenvalue weighted by Crippen LogP contribution is -2.09. The lowest BCUT2D eigenvalue weighted by Gasteiger charge is -2.08. The molecule has 0 saturated carbocycles. The van der Waals surface area contributed by atoms with Crippen molar-refractivity contribution in [2.45, 2.75) is 4.90 Å². The summed E-state index contributed by atoms with van der Waals surface area (Å²) in [7, 11) is -4.05. The molecule has 0 radical (unpaired) electrons. The van der Waals surface area contributed by atoms with Crippen LogP contribution in [-0.4, -0.2) is 14.2 Å². The van der Waals surface area contributed by atoms with Crippen LogP contribution >= 0.6 is 27.5 Å². The first kappa shape index (κ1) is 19.7. The van der Waals surface area contributed by atoms with Crippen molar-refractivity contribution in [2.24, 2.45) is 0 Å². The van der Waals surface area contributed by atoms with Gasteiger partial charge in [-0.05, 0) is 60.2 Å². The molecule has 0 aliphatic carbocycles. The zero-order valence-corrected chi connectivity index (χ0v) is 17.8. The van der Waals surface area contributed by atoms with Gasteiger partial charge in [0.15, 0.2) is 5.76 Å². The van der Waals surface area contributed by atoms with E-state index < -0.39 is 10.1 Å². The van der Waals surface area contributed by atoms with Gasteiger partial charge in [-0.15, -0.1) is 0 Å². The summed E-state index contributed by atoms with van der Waals surface area (Å²) in [6.07, 6.45) is 1.62. The quantitative estimate of drug-likeness (QED) is 0.357. The third-order valence-corrected chi connectivity index (χ3v) is 6.10. The standard InChI is InChI=1S/C21H12BrClO5S/c22-14-3-1-2-13(10-14)11-20-21(24)18-9-6-16(12-19(18)27-20)28-29(25,26)17-7-4-15(23)5-8-17/h1-12H. The molecule has 3 aromatic carbocycles. The fourth-order valence-corrected chi connectivity index (χ4v) is 4.21. The predicted molar refractivity (Wildman–Crippen MR) is 113 cm³/mol. The Morgan fingerprint density at radius 3 is 2.48 bits per heavy atom. The van der Waals surface area contributed by atoms with E-state index in [-0.39, 0.29) is 27.9 Å². The molecule has 0 unspecified atom stereocenters. The highest BCUT2D eigenvalue weighted by molar-refractivity contribution is 9.10. The second-order valence-corrected chi connectivity index (χ2v) is 9.04. The first-order valence-corrected chi connectivity index (χ1v) is 10.9. The molecule has 0 spiro atoms. The number of carbonyl (C=O) groups is 1. The molecule has 1 heterocycles. The van der Waals surface area contributed by atoms with Crippen molar-refractivity contribution in [3.05, 3.63) is 93.1 Å². The maximum atomic E-state index is 12.6. The minimum Gasteiger partial charge on any atom is -0.452 e. The maximum absolute atomic E-state index is 12.6. The number of hydrogen-bond donors (Lipinski definition) is 0. The van der Waals surface area contributed by atoms with Crippen LogP contribution < -0.4 is 8.92 Å². The van der Waals surface area contributed by atoms with Crippen molar-refractivity contribution in [1.82, 2.24) is 0 Å². The third-order valence-electron chi connectivity index (χ3n) is 4.10. The Morgan fingerprint density at radius 1 is 1.00 bits per heavy atom. The number of ether oxygens (including phenoxy) is 1. The smallest absolute Gasteiger partial charge is 0.339 e. The summed E-state index contributed by atoms with van der Waals surface area (Å²) in [5.41, 5.74) is 1.12. The van der Waals surface area contributed by atoms with Crippen molar-refractivity contribution < 1.29 is 22.1 Å². The summed E-state index contributed by atoms with van der Waals surface area (Å²) in [4.78, 5) is 12.5. The monoisotopic (exact) mass is 490 g/mol. The highest BCUT2D eigenvalue weighted by Gasteiger charge is 2.28. The number of fused-ring (bicyclic) bond motifs is 1. The van der Waals surface area contributed by atoms with Gasteiger partial charge < -0.3 is 8.92 Å². The molecule has 0 N–H and O–H groups in total. The Bertz CT molecular complexity index is 1250. The van der Waals surface area contributed by atoms with Crippen molar-refractivity contribution >= 4 is 49.5 Å². The molecule has 146 valence electrons. The number of carbonyl (C=O) groups excluding carboxylic acids is 1. The Morgan fingerprint density at radius 2 is 1.76 bits per heavy atom. The number of ketones is 1. The lowest BCUT2D eigenvalue weighted by molar-refractivity contribution is 0.101. The summed E-state index contributed by atoms with van der Waals surface area (Å²) in [6.45, 7) is 0. The Balaban J connectivity index is 1.60. The fourth-order valence-electron chi connectivity index (χ4n) is 2.74. The van der Waals surface area contributed by atoms with E-state index in [1.165, 1.54) is 42.5 Å².